The predicted molar refractivity (Wildman–Crippen MR) is 67.0 cm³/mol. The molecule has 1 unspecified atom stereocenters. The molecule has 0 aliphatic carbocycles. The Hall–Kier alpha value is -1.19. The van der Waals surface area contributed by atoms with Crippen LogP contribution >= 0.6 is 15.9 Å². The van der Waals surface area contributed by atoms with Crippen LogP contribution in [0.3, 0.4) is 0 Å². The average molecular weight is 278 g/mol. The molecule has 0 aliphatic heterocycles. The molecule has 1 N–H and O–H groups in total. The molecule has 0 saturated heterocycles. The van der Waals surface area contributed by atoms with E-state index in [4.69, 9.17) is 0 Å². The maximum absolute atomic E-state index is 10.0. The molecule has 3 heteroatoms. The quantitative estimate of drug-likeness (QED) is 0.935. The van der Waals surface area contributed by atoms with Crippen LogP contribution in [0.5, 0.6) is 0 Å². The highest BCUT2D eigenvalue weighted by molar-refractivity contribution is 9.10. The molecular formula is C13H12BrNO. The number of benzene rings is 1. The second-order valence-corrected chi connectivity index (χ2v) is 4.45. The van der Waals surface area contributed by atoms with Gasteiger partial charge < -0.3 is 5.11 Å². The van der Waals surface area contributed by atoms with Crippen LogP contribution in [-0.2, 0) is 6.42 Å². The molecule has 0 saturated carbocycles. The molecule has 0 amide bonds. The lowest BCUT2D eigenvalue weighted by Gasteiger charge is -2.11. The van der Waals surface area contributed by atoms with Crippen LogP contribution in [0.15, 0.2) is 53.3 Å². The molecule has 16 heavy (non-hydrogen) atoms. The minimum atomic E-state index is -0.485. The lowest BCUT2D eigenvalue weighted by atomic mass is 10.0. The van der Waals surface area contributed by atoms with Gasteiger partial charge in [-0.1, -0.05) is 34.1 Å². The van der Waals surface area contributed by atoms with E-state index in [1.807, 2.05) is 36.4 Å². The summed E-state index contributed by atoms with van der Waals surface area (Å²) >= 11 is 3.47. The van der Waals surface area contributed by atoms with Crippen molar-refractivity contribution in [1.82, 2.24) is 4.98 Å². The number of nitrogens with zero attached hydrogens (tertiary/aromatic N) is 1. The minimum Gasteiger partial charge on any atom is -0.388 e. The molecule has 0 radical (unpaired) electrons. The summed E-state index contributed by atoms with van der Waals surface area (Å²) in [6.07, 6.45) is 3.50. The fourth-order valence-corrected chi connectivity index (χ4v) is 2.02. The van der Waals surface area contributed by atoms with Gasteiger partial charge in [-0.15, -0.1) is 0 Å². The maximum Gasteiger partial charge on any atom is 0.0831 e. The van der Waals surface area contributed by atoms with Crippen LogP contribution < -0.4 is 0 Å². The van der Waals surface area contributed by atoms with Gasteiger partial charge in [-0.3, -0.25) is 4.98 Å². The van der Waals surface area contributed by atoms with Crippen molar-refractivity contribution in [3.8, 4) is 0 Å². The predicted octanol–water partition coefficient (Wildman–Crippen LogP) is 3.12. The second kappa shape index (κ2) is 5.23. The molecule has 0 bridgehead atoms. The number of halogens is 1. The van der Waals surface area contributed by atoms with E-state index < -0.39 is 6.10 Å². The summed E-state index contributed by atoms with van der Waals surface area (Å²) in [5, 5.41) is 10.0. The zero-order valence-corrected chi connectivity index (χ0v) is 10.3. The van der Waals surface area contributed by atoms with E-state index in [0.29, 0.717) is 6.42 Å². The number of hydrogen-bond acceptors (Lipinski definition) is 2. The van der Waals surface area contributed by atoms with Gasteiger partial charge in [0.25, 0.3) is 0 Å². The van der Waals surface area contributed by atoms with Crippen molar-refractivity contribution >= 4 is 15.9 Å². The minimum absolute atomic E-state index is 0.485. The fourth-order valence-electron chi connectivity index (χ4n) is 1.58. The summed E-state index contributed by atoms with van der Waals surface area (Å²) in [5.41, 5.74) is 2.00. The first kappa shape index (κ1) is 11.3. The Kier molecular flexibility index (Phi) is 3.70. The molecule has 0 aliphatic rings. The van der Waals surface area contributed by atoms with E-state index in [1.54, 1.807) is 12.4 Å². The molecule has 82 valence electrons. The van der Waals surface area contributed by atoms with E-state index in [9.17, 15) is 5.11 Å². The van der Waals surface area contributed by atoms with Crippen molar-refractivity contribution in [2.75, 3.05) is 0 Å². The molecule has 1 atom stereocenters. The number of hydrogen-bond donors (Lipinski definition) is 1. The van der Waals surface area contributed by atoms with Crippen LogP contribution in [0, 0.1) is 0 Å². The zero-order valence-electron chi connectivity index (χ0n) is 8.68. The Labute approximate surface area is 103 Å². The van der Waals surface area contributed by atoms with Crippen LogP contribution in [0.2, 0.25) is 0 Å². The Balaban J connectivity index is 2.14. The lowest BCUT2D eigenvalue weighted by Crippen LogP contribution is -2.02. The van der Waals surface area contributed by atoms with Crippen LogP contribution in [0.4, 0.5) is 0 Å². The smallest absolute Gasteiger partial charge is 0.0831 e. The number of pyridine rings is 1. The van der Waals surface area contributed by atoms with Crippen LogP contribution in [0.25, 0.3) is 0 Å². The lowest BCUT2D eigenvalue weighted by molar-refractivity contribution is 0.178. The number of rotatable bonds is 3. The van der Waals surface area contributed by atoms with Crippen molar-refractivity contribution in [3.63, 3.8) is 0 Å². The average Bonchev–Trinajstić information content (AvgIpc) is 2.33. The number of aromatic nitrogens is 1. The van der Waals surface area contributed by atoms with Crippen molar-refractivity contribution in [2.45, 2.75) is 12.5 Å². The van der Waals surface area contributed by atoms with Gasteiger partial charge in [-0.25, -0.2) is 0 Å². The molecule has 2 nitrogen and oxygen atoms in total. The molecule has 1 aromatic carbocycles. The first-order valence-corrected chi connectivity index (χ1v) is 5.88. The van der Waals surface area contributed by atoms with Gasteiger partial charge in [0.1, 0.15) is 0 Å². The highest BCUT2D eigenvalue weighted by Crippen LogP contribution is 2.23. The Morgan fingerprint density at radius 3 is 2.50 bits per heavy atom. The Bertz CT molecular complexity index is 458. The summed E-state index contributed by atoms with van der Waals surface area (Å²) in [5.74, 6) is 0. The van der Waals surface area contributed by atoms with Crippen molar-refractivity contribution in [2.24, 2.45) is 0 Å². The monoisotopic (exact) mass is 277 g/mol. The highest BCUT2D eigenvalue weighted by Gasteiger charge is 2.09. The zero-order chi connectivity index (χ0) is 11.4. The second-order valence-electron chi connectivity index (χ2n) is 3.59. The van der Waals surface area contributed by atoms with E-state index >= 15 is 0 Å². The van der Waals surface area contributed by atoms with Gasteiger partial charge in [-0.2, -0.15) is 0 Å². The maximum atomic E-state index is 10.0. The third-order valence-corrected chi connectivity index (χ3v) is 3.24. The van der Waals surface area contributed by atoms with Crippen molar-refractivity contribution in [3.05, 3.63) is 64.4 Å². The molecular weight excluding hydrogens is 266 g/mol. The Morgan fingerprint density at radius 1 is 1.12 bits per heavy atom. The highest BCUT2D eigenvalue weighted by atomic mass is 79.9. The third-order valence-electron chi connectivity index (χ3n) is 2.46. The van der Waals surface area contributed by atoms with Crippen LogP contribution in [-0.4, -0.2) is 10.1 Å². The van der Waals surface area contributed by atoms with Gasteiger partial charge in [0, 0.05) is 23.3 Å². The van der Waals surface area contributed by atoms with Crippen molar-refractivity contribution in [1.29, 1.82) is 0 Å². The van der Waals surface area contributed by atoms with E-state index in [2.05, 4.69) is 20.9 Å². The first-order chi connectivity index (χ1) is 7.77. The van der Waals surface area contributed by atoms with Gasteiger partial charge in [-0.05, 0) is 29.3 Å². The van der Waals surface area contributed by atoms with Crippen LogP contribution in [0.1, 0.15) is 17.2 Å². The molecule has 1 heterocycles. The van der Waals surface area contributed by atoms with Gasteiger partial charge in [0.15, 0.2) is 0 Å². The normalized spacial score (nSPS) is 12.4. The molecule has 1 aromatic heterocycles. The van der Waals surface area contributed by atoms with Gasteiger partial charge >= 0.3 is 0 Å². The molecule has 0 fully saturated rings. The molecule has 0 spiro atoms. The number of aliphatic hydroxyl groups is 1. The van der Waals surface area contributed by atoms with E-state index in [0.717, 1.165) is 15.6 Å². The summed E-state index contributed by atoms with van der Waals surface area (Å²) in [4.78, 5) is 3.93. The first-order valence-electron chi connectivity index (χ1n) is 5.09. The van der Waals surface area contributed by atoms with Crippen molar-refractivity contribution < 1.29 is 5.11 Å². The standard InChI is InChI=1S/C13H12BrNO/c14-12-4-2-1-3-11(12)9-13(16)10-5-7-15-8-6-10/h1-8,13,16H,9H2. The largest absolute Gasteiger partial charge is 0.388 e. The summed E-state index contributed by atoms with van der Waals surface area (Å²) in [6.45, 7) is 0. The fraction of sp³-hybridized carbons (Fsp3) is 0.154. The third kappa shape index (κ3) is 2.68. The van der Waals surface area contributed by atoms with E-state index in [-0.39, 0.29) is 0 Å². The molecule has 2 rings (SSSR count). The number of aliphatic hydroxyl groups excluding tert-OH is 1. The van der Waals surface area contributed by atoms with Gasteiger partial charge in [0.2, 0.25) is 0 Å². The molecule has 2 aromatic rings. The SMILES string of the molecule is OC(Cc1ccccc1Br)c1ccncc1. The summed E-state index contributed by atoms with van der Waals surface area (Å²) in [6, 6.07) is 11.6. The van der Waals surface area contributed by atoms with Gasteiger partial charge in [0.05, 0.1) is 6.10 Å². The summed E-state index contributed by atoms with van der Waals surface area (Å²) in [7, 11) is 0. The topological polar surface area (TPSA) is 33.1 Å². The van der Waals surface area contributed by atoms with E-state index in [1.165, 1.54) is 0 Å². The summed E-state index contributed by atoms with van der Waals surface area (Å²) < 4.78 is 1.03. The Morgan fingerprint density at radius 2 is 1.81 bits per heavy atom.